The second-order valence-corrected chi connectivity index (χ2v) is 8.40. The fourth-order valence-corrected chi connectivity index (χ4v) is 4.79. The molecule has 0 saturated carbocycles. The lowest BCUT2D eigenvalue weighted by atomic mass is 9.88. The Balaban J connectivity index is 0.00000210. The highest BCUT2D eigenvalue weighted by molar-refractivity contribution is 7.89. The fourth-order valence-electron chi connectivity index (χ4n) is 3.52. The van der Waals surface area contributed by atoms with Crippen LogP contribution >= 0.6 is 12.4 Å². The number of anilines is 1. The summed E-state index contributed by atoms with van der Waals surface area (Å²) in [5.74, 6) is 1.06. The maximum Gasteiger partial charge on any atom is 0.241 e. The summed E-state index contributed by atoms with van der Waals surface area (Å²) in [5, 5.41) is 0. The Kier molecular flexibility index (Phi) is 5.83. The van der Waals surface area contributed by atoms with Crippen LogP contribution in [0.5, 0.6) is 11.5 Å². The molecule has 1 atom stereocenters. The Morgan fingerprint density at radius 1 is 1.00 bits per heavy atom. The lowest BCUT2D eigenvalue weighted by molar-refractivity contribution is 0.297. The fraction of sp³-hybridized carbons (Fsp3) is 0.368. The van der Waals surface area contributed by atoms with Gasteiger partial charge in [0.2, 0.25) is 10.0 Å². The van der Waals surface area contributed by atoms with E-state index in [1.165, 1.54) is 6.07 Å². The van der Waals surface area contributed by atoms with Crippen LogP contribution in [0.4, 0.5) is 5.69 Å². The molecule has 0 amide bonds. The third-order valence-corrected chi connectivity index (χ3v) is 6.28. The van der Waals surface area contributed by atoms with E-state index in [0.717, 1.165) is 36.8 Å². The number of ether oxygens (including phenoxy) is 2. The smallest absolute Gasteiger partial charge is 0.241 e. The van der Waals surface area contributed by atoms with E-state index in [2.05, 4.69) is 4.72 Å². The van der Waals surface area contributed by atoms with Crippen molar-refractivity contribution < 1.29 is 17.9 Å². The standard InChI is InChI=1S/C19H22N2O4S.ClH/c20-14-5-7-16-13(11-14)3-1-4-17(16)21-26(22,23)15-6-8-18-19(12-15)25-10-2-9-24-18;/h5-8,11-12,17,21H,1-4,9-10,20H2;1H. The van der Waals surface area contributed by atoms with Gasteiger partial charge in [-0.2, -0.15) is 0 Å². The molecule has 4 rings (SSSR count). The molecule has 1 aliphatic carbocycles. The minimum Gasteiger partial charge on any atom is -0.490 e. The van der Waals surface area contributed by atoms with Crippen molar-refractivity contribution in [1.29, 1.82) is 0 Å². The summed E-state index contributed by atoms with van der Waals surface area (Å²) in [6.45, 7) is 1.08. The summed E-state index contributed by atoms with van der Waals surface area (Å²) in [4.78, 5) is 0.185. The molecule has 0 aromatic heterocycles. The summed E-state index contributed by atoms with van der Waals surface area (Å²) < 4.78 is 39.9. The molecule has 27 heavy (non-hydrogen) atoms. The molecule has 146 valence electrons. The van der Waals surface area contributed by atoms with Gasteiger partial charge in [0.05, 0.1) is 18.1 Å². The van der Waals surface area contributed by atoms with Crippen LogP contribution in [0.2, 0.25) is 0 Å². The Morgan fingerprint density at radius 2 is 1.78 bits per heavy atom. The van der Waals surface area contributed by atoms with E-state index in [-0.39, 0.29) is 23.3 Å². The van der Waals surface area contributed by atoms with E-state index >= 15 is 0 Å². The average Bonchev–Trinajstić information content (AvgIpc) is 2.86. The van der Waals surface area contributed by atoms with Crippen LogP contribution in [0, 0.1) is 0 Å². The summed E-state index contributed by atoms with van der Waals surface area (Å²) in [6.07, 6.45) is 3.38. The topological polar surface area (TPSA) is 90.7 Å². The van der Waals surface area contributed by atoms with Crippen molar-refractivity contribution >= 4 is 28.1 Å². The van der Waals surface area contributed by atoms with Gasteiger partial charge in [-0.25, -0.2) is 13.1 Å². The van der Waals surface area contributed by atoms with Gasteiger partial charge in [-0.1, -0.05) is 6.07 Å². The molecule has 3 N–H and O–H groups in total. The summed E-state index contributed by atoms with van der Waals surface area (Å²) >= 11 is 0. The van der Waals surface area contributed by atoms with Crippen LogP contribution in [-0.4, -0.2) is 21.6 Å². The van der Waals surface area contributed by atoms with Gasteiger partial charge in [0.15, 0.2) is 11.5 Å². The first kappa shape index (κ1) is 19.8. The predicted octanol–water partition coefficient (Wildman–Crippen LogP) is 3.21. The quantitative estimate of drug-likeness (QED) is 0.758. The van der Waals surface area contributed by atoms with Crippen molar-refractivity contribution in [2.45, 2.75) is 36.6 Å². The molecule has 0 fully saturated rings. The molecule has 2 aromatic carbocycles. The lowest BCUT2D eigenvalue weighted by Crippen LogP contribution is -2.31. The largest absolute Gasteiger partial charge is 0.490 e. The van der Waals surface area contributed by atoms with E-state index in [1.807, 2.05) is 18.2 Å². The number of nitrogens with two attached hydrogens (primary N) is 1. The Morgan fingerprint density at radius 3 is 2.59 bits per heavy atom. The number of rotatable bonds is 3. The SMILES string of the molecule is Cl.Nc1ccc2c(c1)CCCC2NS(=O)(=O)c1ccc2c(c1)OCCCO2. The van der Waals surface area contributed by atoms with Gasteiger partial charge in [0.25, 0.3) is 0 Å². The second kappa shape index (κ2) is 7.96. The highest BCUT2D eigenvalue weighted by atomic mass is 35.5. The van der Waals surface area contributed by atoms with E-state index in [0.29, 0.717) is 30.4 Å². The van der Waals surface area contributed by atoms with Crippen LogP contribution in [-0.2, 0) is 16.4 Å². The van der Waals surface area contributed by atoms with E-state index in [1.54, 1.807) is 12.1 Å². The normalized spacial score (nSPS) is 18.7. The first-order chi connectivity index (χ1) is 12.5. The zero-order valence-corrected chi connectivity index (χ0v) is 16.4. The molecule has 0 saturated heterocycles. The zero-order valence-electron chi connectivity index (χ0n) is 14.8. The van der Waals surface area contributed by atoms with Crippen molar-refractivity contribution in [2.24, 2.45) is 0 Å². The van der Waals surface area contributed by atoms with Crippen LogP contribution in [0.3, 0.4) is 0 Å². The zero-order chi connectivity index (χ0) is 18.1. The van der Waals surface area contributed by atoms with Crippen molar-refractivity contribution in [1.82, 2.24) is 4.72 Å². The van der Waals surface area contributed by atoms with Gasteiger partial charge in [0.1, 0.15) is 0 Å². The van der Waals surface area contributed by atoms with Gasteiger partial charge in [0, 0.05) is 24.2 Å². The second-order valence-electron chi connectivity index (χ2n) is 6.68. The first-order valence-electron chi connectivity index (χ1n) is 8.83. The summed E-state index contributed by atoms with van der Waals surface area (Å²) in [7, 11) is -3.67. The van der Waals surface area contributed by atoms with Gasteiger partial charge < -0.3 is 15.2 Å². The molecule has 2 aromatic rings. The molecule has 0 radical (unpaired) electrons. The molecule has 0 bridgehead atoms. The number of benzene rings is 2. The van der Waals surface area contributed by atoms with E-state index in [9.17, 15) is 8.42 Å². The minimum absolute atomic E-state index is 0. The van der Waals surface area contributed by atoms with Crippen LogP contribution in [0.25, 0.3) is 0 Å². The Labute approximate surface area is 165 Å². The number of nitrogen functional groups attached to an aromatic ring is 1. The van der Waals surface area contributed by atoms with E-state index < -0.39 is 10.0 Å². The third kappa shape index (κ3) is 4.15. The number of aryl methyl sites for hydroxylation is 1. The van der Waals surface area contributed by atoms with Crippen molar-refractivity contribution in [3.05, 3.63) is 47.5 Å². The molecule has 6 nitrogen and oxygen atoms in total. The number of sulfonamides is 1. The predicted molar refractivity (Wildman–Crippen MR) is 106 cm³/mol. The molecule has 1 aliphatic heterocycles. The summed E-state index contributed by atoms with van der Waals surface area (Å²) in [6, 6.07) is 10.2. The first-order valence-corrected chi connectivity index (χ1v) is 10.3. The highest BCUT2D eigenvalue weighted by Gasteiger charge is 2.27. The molecule has 1 heterocycles. The third-order valence-electron chi connectivity index (χ3n) is 4.81. The molecular formula is C19H23ClN2O4S. The average molecular weight is 411 g/mol. The highest BCUT2D eigenvalue weighted by Crippen LogP contribution is 2.34. The van der Waals surface area contributed by atoms with Crippen LogP contribution < -0.4 is 19.9 Å². The van der Waals surface area contributed by atoms with Crippen LogP contribution in [0.15, 0.2) is 41.3 Å². The van der Waals surface area contributed by atoms with Crippen molar-refractivity contribution in [3.63, 3.8) is 0 Å². The van der Waals surface area contributed by atoms with Gasteiger partial charge >= 0.3 is 0 Å². The molecule has 8 heteroatoms. The summed E-state index contributed by atoms with van der Waals surface area (Å²) in [5.41, 5.74) is 8.68. The number of hydrogen-bond donors (Lipinski definition) is 2. The molecular weight excluding hydrogens is 388 g/mol. The number of halogens is 1. The van der Waals surface area contributed by atoms with E-state index in [4.69, 9.17) is 15.2 Å². The monoisotopic (exact) mass is 410 g/mol. The van der Waals surface area contributed by atoms with Gasteiger partial charge in [-0.15, -0.1) is 12.4 Å². The molecule has 0 spiro atoms. The maximum atomic E-state index is 12.9. The lowest BCUT2D eigenvalue weighted by Gasteiger charge is -2.26. The van der Waals surface area contributed by atoms with Crippen molar-refractivity contribution in [2.75, 3.05) is 18.9 Å². The molecule has 1 unspecified atom stereocenters. The van der Waals surface area contributed by atoms with Gasteiger partial charge in [-0.05, 0) is 54.7 Å². The number of fused-ring (bicyclic) bond motifs is 2. The van der Waals surface area contributed by atoms with Gasteiger partial charge in [-0.3, -0.25) is 0 Å². The minimum atomic E-state index is -3.67. The Hall–Kier alpha value is -1.96. The van der Waals surface area contributed by atoms with Crippen molar-refractivity contribution in [3.8, 4) is 11.5 Å². The van der Waals surface area contributed by atoms with Crippen LogP contribution in [0.1, 0.15) is 36.4 Å². The number of hydrogen-bond acceptors (Lipinski definition) is 5. The Bertz CT molecular complexity index is 933. The number of nitrogens with one attached hydrogen (secondary N) is 1. The maximum absolute atomic E-state index is 12.9. The molecule has 2 aliphatic rings.